The summed E-state index contributed by atoms with van der Waals surface area (Å²) in [4.78, 5) is 0. The second kappa shape index (κ2) is 6.02. The number of nitriles is 3. The number of fused-ring (bicyclic) bond motifs is 1. The lowest BCUT2D eigenvalue weighted by atomic mass is 9.51. The van der Waals surface area contributed by atoms with Crippen molar-refractivity contribution in [2.75, 3.05) is 0 Å². The summed E-state index contributed by atoms with van der Waals surface area (Å²) in [5.74, 6) is -0.676. The summed E-state index contributed by atoms with van der Waals surface area (Å²) in [5.41, 5.74) is -0.473. The predicted molar refractivity (Wildman–Crippen MR) is 85.9 cm³/mol. The van der Waals surface area contributed by atoms with Crippen LogP contribution in [0.25, 0.3) is 0 Å². The Balaban J connectivity index is 2.16. The van der Waals surface area contributed by atoms with Gasteiger partial charge in [-0.15, -0.1) is 0 Å². The molecule has 0 bridgehead atoms. The largest absolute Gasteiger partial charge is 0.305 e. The molecule has 0 aromatic heterocycles. The average molecular weight is 304 g/mol. The maximum Gasteiger partial charge on any atom is 0.186 e. The van der Waals surface area contributed by atoms with Gasteiger partial charge in [-0.05, 0) is 55.9 Å². The van der Waals surface area contributed by atoms with Gasteiger partial charge in [0.1, 0.15) is 5.92 Å². The number of hydrogen-bond acceptors (Lipinski definition) is 4. The Bertz CT molecular complexity index is 680. The molecule has 1 N–H and O–H groups in total. The second-order valence-corrected chi connectivity index (χ2v) is 6.80. The van der Waals surface area contributed by atoms with Crippen molar-refractivity contribution in [2.24, 2.45) is 29.1 Å². The number of allylic oxidation sites excluding steroid dienone is 4. The summed E-state index contributed by atoms with van der Waals surface area (Å²) in [5, 5.41) is 37.7. The molecule has 4 unspecified atom stereocenters. The van der Waals surface area contributed by atoms with Gasteiger partial charge < -0.3 is 5.41 Å². The van der Waals surface area contributed by atoms with Crippen LogP contribution < -0.4 is 0 Å². The summed E-state index contributed by atoms with van der Waals surface area (Å²) < 4.78 is 0. The maximum absolute atomic E-state index is 9.85. The third-order valence-electron chi connectivity index (χ3n) is 5.74. The molecule has 116 valence electrons. The molecule has 4 nitrogen and oxygen atoms in total. The van der Waals surface area contributed by atoms with Gasteiger partial charge in [0.15, 0.2) is 5.41 Å². The third kappa shape index (κ3) is 2.20. The molecule has 23 heavy (non-hydrogen) atoms. The molecule has 4 atom stereocenters. The summed E-state index contributed by atoms with van der Waals surface area (Å²) >= 11 is 0. The molecule has 0 spiro atoms. The SMILES string of the molecule is N#CC1C(=N)C(C#N)(C#N)C(C2C=CCCC2)C2CCCC=C12. The normalized spacial score (nSPS) is 35.2. The van der Waals surface area contributed by atoms with E-state index in [0.29, 0.717) is 0 Å². The Morgan fingerprint density at radius 1 is 1.09 bits per heavy atom. The van der Waals surface area contributed by atoms with Crippen LogP contribution in [0.5, 0.6) is 0 Å². The van der Waals surface area contributed by atoms with Gasteiger partial charge in [0.25, 0.3) is 0 Å². The first-order valence-corrected chi connectivity index (χ1v) is 8.37. The molecule has 3 aliphatic rings. The lowest BCUT2D eigenvalue weighted by molar-refractivity contribution is 0.173. The quantitative estimate of drug-likeness (QED) is 0.744. The topological polar surface area (TPSA) is 95.2 Å². The van der Waals surface area contributed by atoms with Gasteiger partial charge in [0, 0.05) is 5.92 Å². The Hall–Kier alpha value is -2.38. The molecule has 1 fully saturated rings. The van der Waals surface area contributed by atoms with Gasteiger partial charge >= 0.3 is 0 Å². The zero-order chi connectivity index (χ0) is 16.4. The standard InChI is InChI=1S/C19H20N4/c20-10-16-14-8-4-5-9-15(14)17(13-6-2-1-3-7-13)19(11-21,12-22)18(16)23/h2,6,8,13,15-17,23H,1,3-5,7,9H2. The van der Waals surface area contributed by atoms with E-state index >= 15 is 0 Å². The van der Waals surface area contributed by atoms with Crippen LogP contribution in [0, 0.1) is 68.5 Å². The predicted octanol–water partition coefficient (Wildman–Crippen LogP) is 3.89. The molecule has 3 rings (SSSR count). The van der Waals surface area contributed by atoms with Gasteiger partial charge in [-0.2, -0.15) is 15.8 Å². The van der Waals surface area contributed by atoms with Crippen LogP contribution in [0.3, 0.4) is 0 Å². The van der Waals surface area contributed by atoms with E-state index in [1.165, 1.54) is 0 Å². The van der Waals surface area contributed by atoms with Crippen LogP contribution in [0.2, 0.25) is 0 Å². The van der Waals surface area contributed by atoms with Gasteiger partial charge in [-0.3, -0.25) is 0 Å². The Kier molecular flexibility index (Phi) is 4.06. The van der Waals surface area contributed by atoms with Crippen molar-refractivity contribution in [3.05, 3.63) is 23.8 Å². The van der Waals surface area contributed by atoms with Crippen LogP contribution >= 0.6 is 0 Å². The molecule has 1 saturated carbocycles. The number of hydrogen-bond donors (Lipinski definition) is 1. The van der Waals surface area contributed by atoms with Crippen molar-refractivity contribution in [1.82, 2.24) is 0 Å². The Labute approximate surface area is 137 Å². The van der Waals surface area contributed by atoms with Crippen molar-refractivity contribution in [3.8, 4) is 18.2 Å². The molecule has 0 aromatic carbocycles. The number of rotatable bonds is 1. The lowest BCUT2D eigenvalue weighted by Crippen LogP contribution is -2.52. The van der Waals surface area contributed by atoms with E-state index in [0.717, 1.165) is 44.1 Å². The first-order valence-electron chi connectivity index (χ1n) is 8.37. The Morgan fingerprint density at radius 2 is 1.83 bits per heavy atom. The zero-order valence-corrected chi connectivity index (χ0v) is 13.1. The number of nitrogens with zero attached hydrogens (tertiary/aromatic N) is 3. The van der Waals surface area contributed by atoms with Gasteiger partial charge in [0.2, 0.25) is 0 Å². The van der Waals surface area contributed by atoms with E-state index < -0.39 is 11.3 Å². The molecule has 0 amide bonds. The van der Waals surface area contributed by atoms with Crippen molar-refractivity contribution in [1.29, 1.82) is 21.2 Å². The first-order chi connectivity index (χ1) is 11.2. The van der Waals surface area contributed by atoms with Gasteiger partial charge in [-0.1, -0.05) is 18.2 Å². The second-order valence-electron chi connectivity index (χ2n) is 6.80. The Morgan fingerprint density at radius 3 is 2.43 bits per heavy atom. The molecule has 3 aliphatic carbocycles. The van der Waals surface area contributed by atoms with Crippen molar-refractivity contribution < 1.29 is 0 Å². The fraction of sp³-hybridized carbons (Fsp3) is 0.579. The fourth-order valence-corrected chi connectivity index (χ4v) is 4.71. The molecule has 0 aliphatic heterocycles. The third-order valence-corrected chi connectivity index (χ3v) is 5.74. The zero-order valence-electron chi connectivity index (χ0n) is 13.1. The van der Waals surface area contributed by atoms with Gasteiger partial charge in [-0.25, -0.2) is 0 Å². The molecule has 0 aromatic rings. The maximum atomic E-state index is 9.85. The van der Waals surface area contributed by atoms with Crippen molar-refractivity contribution in [2.45, 2.75) is 38.5 Å². The number of nitrogens with one attached hydrogen (secondary N) is 1. The lowest BCUT2D eigenvalue weighted by Gasteiger charge is -2.48. The van der Waals surface area contributed by atoms with E-state index in [2.05, 4.69) is 36.4 Å². The molecule has 0 saturated heterocycles. The van der Waals surface area contributed by atoms with Crippen LogP contribution in [-0.4, -0.2) is 5.71 Å². The average Bonchev–Trinajstić information content (AvgIpc) is 2.61. The van der Waals surface area contributed by atoms with Crippen molar-refractivity contribution >= 4 is 5.71 Å². The molecular weight excluding hydrogens is 284 g/mol. The van der Waals surface area contributed by atoms with E-state index in [-0.39, 0.29) is 23.5 Å². The minimum absolute atomic E-state index is 0.00151. The molecule has 4 heteroatoms. The highest BCUT2D eigenvalue weighted by Gasteiger charge is 2.58. The summed E-state index contributed by atoms with van der Waals surface area (Å²) in [6.45, 7) is 0. The fourth-order valence-electron chi connectivity index (χ4n) is 4.71. The molecule has 0 heterocycles. The van der Waals surface area contributed by atoms with Crippen molar-refractivity contribution in [3.63, 3.8) is 0 Å². The monoisotopic (exact) mass is 304 g/mol. The minimum Gasteiger partial charge on any atom is -0.305 e. The highest BCUT2D eigenvalue weighted by molar-refractivity contribution is 6.00. The van der Waals surface area contributed by atoms with Crippen LogP contribution in [0.1, 0.15) is 38.5 Å². The van der Waals surface area contributed by atoms with Crippen LogP contribution in [0.4, 0.5) is 0 Å². The van der Waals surface area contributed by atoms with Crippen LogP contribution in [-0.2, 0) is 0 Å². The first kappa shape index (κ1) is 15.5. The molecular formula is C19H20N4. The van der Waals surface area contributed by atoms with E-state index in [4.69, 9.17) is 5.41 Å². The highest BCUT2D eigenvalue weighted by atomic mass is 14.7. The summed E-state index contributed by atoms with van der Waals surface area (Å²) in [6, 6.07) is 6.51. The summed E-state index contributed by atoms with van der Waals surface area (Å²) in [6.07, 6.45) is 12.3. The van der Waals surface area contributed by atoms with E-state index in [1.807, 2.05) is 0 Å². The van der Waals surface area contributed by atoms with Gasteiger partial charge in [0.05, 0.1) is 23.9 Å². The summed E-state index contributed by atoms with van der Waals surface area (Å²) in [7, 11) is 0. The molecule has 0 radical (unpaired) electrons. The minimum atomic E-state index is -1.47. The van der Waals surface area contributed by atoms with Crippen LogP contribution in [0.15, 0.2) is 23.8 Å². The highest BCUT2D eigenvalue weighted by Crippen LogP contribution is 2.54. The smallest absolute Gasteiger partial charge is 0.186 e. The van der Waals surface area contributed by atoms with E-state index in [1.54, 1.807) is 0 Å². The van der Waals surface area contributed by atoms with E-state index in [9.17, 15) is 15.8 Å².